The van der Waals surface area contributed by atoms with E-state index in [-0.39, 0.29) is 24.4 Å². The van der Waals surface area contributed by atoms with Crippen molar-refractivity contribution in [3.63, 3.8) is 0 Å². The van der Waals surface area contributed by atoms with Gasteiger partial charge in [0.1, 0.15) is 5.82 Å². The molecule has 9 heteroatoms. The molecule has 1 fully saturated rings. The van der Waals surface area contributed by atoms with E-state index in [1.54, 1.807) is 12.4 Å². The molecule has 2 N–H and O–H groups in total. The number of aromatic nitrogens is 3. The topological polar surface area (TPSA) is 75.1 Å². The quantitative estimate of drug-likeness (QED) is 0.349. The molecule has 1 amide bonds. The Balaban J connectivity index is 1.45. The van der Waals surface area contributed by atoms with E-state index in [9.17, 15) is 4.79 Å². The lowest BCUT2D eigenvalue weighted by Crippen LogP contribution is -2.33. The number of nitrogens with zero attached hydrogens (tertiary/aromatic N) is 4. The summed E-state index contributed by atoms with van der Waals surface area (Å²) >= 11 is 11.8. The number of benzene rings is 1. The van der Waals surface area contributed by atoms with Crippen molar-refractivity contribution in [3.8, 4) is 5.82 Å². The van der Waals surface area contributed by atoms with E-state index in [0.717, 1.165) is 22.9 Å². The van der Waals surface area contributed by atoms with Crippen LogP contribution in [0.3, 0.4) is 0 Å². The average Bonchev–Trinajstić information content (AvgIpc) is 3.48. The predicted octanol–water partition coefficient (Wildman–Crippen LogP) is 4.92. The molecule has 35 heavy (non-hydrogen) atoms. The fourth-order valence-corrected chi connectivity index (χ4v) is 4.73. The molecule has 1 saturated heterocycles. The zero-order valence-corrected chi connectivity index (χ0v) is 20.3. The second kappa shape index (κ2) is 10.2. The summed E-state index contributed by atoms with van der Waals surface area (Å²) in [6.45, 7) is 0.442. The van der Waals surface area contributed by atoms with Crippen molar-refractivity contribution in [2.45, 2.75) is 18.5 Å². The number of carbonyl (C=O) groups excluding carboxylic acids is 1. The Labute approximate surface area is 213 Å². The van der Waals surface area contributed by atoms with E-state index < -0.39 is 0 Å². The van der Waals surface area contributed by atoms with Gasteiger partial charge in [-0.15, -0.1) is 0 Å². The Morgan fingerprint density at radius 2 is 1.86 bits per heavy atom. The van der Waals surface area contributed by atoms with Gasteiger partial charge in [-0.1, -0.05) is 35.9 Å². The summed E-state index contributed by atoms with van der Waals surface area (Å²) in [5.41, 5.74) is 2.62. The molecule has 176 valence electrons. The molecule has 0 bridgehead atoms. The van der Waals surface area contributed by atoms with Crippen LogP contribution < -0.4 is 10.6 Å². The highest BCUT2D eigenvalue weighted by Gasteiger charge is 2.41. The summed E-state index contributed by atoms with van der Waals surface area (Å²) in [6.07, 6.45) is 5.64. The van der Waals surface area contributed by atoms with E-state index in [1.807, 2.05) is 83.6 Å². The van der Waals surface area contributed by atoms with Gasteiger partial charge in [0.05, 0.1) is 22.8 Å². The molecular formula is C26H23ClN6OS. The summed E-state index contributed by atoms with van der Waals surface area (Å²) < 4.78 is 2.02. The minimum Gasteiger partial charge on any atom is -0.352 e. The first kappa shape index (κ1) is 23.0. The zero-order valence-electron chi connectivity index (χ0n) is 18.7. The Bertz CT molecular complexity index is 1310. The number of anilines is 1. The molecule has 0 radical (unpaired) electrons. The number of para-hydroxylation sites is 1. The summed E-state index contributed by atoms with van der Waals surface area (Å²) in [5, 5.41) is 7.53. The maximum Gasteiger partial charge on any atom is 0.226 e. The first-order valence-corrected chi connectivity index (χ1v) is 12.0. The fourth-order valence-electron chi connectivity index (χ4n) is 4.29. The van der Waals surface area contributed by atoms with Crippen LogP contribution in [0.5, 0.6) is 0 Å². The third kappa shape index (κ3) is 5.03. The highest BCUT2D eigenvalue weighted by atomic mass is 35.5. The van der Waals surface area contributed by atoms with Crippen LogP contribution in [0.2, 0.25) is 5.02 Å². The lowest BCUT2D eigenvalue weighted by molar-refractivity contribution is -0.116. The van der Waals surface area contributed by atoms with Gasteiger partial charge in [0.2, 0.25) is 5.91 Å². The number of rotatable bonds is 7. The summed E-state index contributed by atoms with van der Waals surface area (Å²) in [5.74, 6) is 0.669. The molecular weight excluding hydrogens is 480 g/mol. The van der Waals surface area contributed by atoms with E-state index in [2.05, 4.69) is 25.5 Å². The zero-order chi connectivity index (χ0) is 24.2. The first-order chi connectivity index (χ1) is 17.1. The van der Waals surface area contributed by atoms with Gasteiger partial charge in [-0.25, -0.2) is 4.98 Å². The van der Waals surface area contributed by atoms with Crippen molar-refractivity contribution in [3.05, 3.63) is 108 Å². The number of carbonyl (C=O) groups is 1. The fraction of sp³-hybridized carbons (Fsp3) is 0.154. The SMILES string of the molecule is O=C(CCN1C(=S)N[C@H](c2ccccn2)[C@@H]1c1cccn1-c1ccc(Cl)cn1)Nc1ccccc1. The molecule has 1 aliphatic rings. The highest BCUT2D eigenvalue weighted by Crippen LogP contribution is 2.39. The minimum absolute atomic E-state index is 0.0752. The smallest absolute Gasteiger partial charge is 0.226 e. The van der Waals surface area contributed by atoms with Gasteiger partial charge < -0.3 is 20.1 Å². The third-order valence-corrected chi connectivity index (χ3v) is 6.45. The first-order valence-electron chi connectivity index (χ1n) is 11.2. The number of hydrogen-bond donors (Lipinski definition) is 2. The molecule has 1 aliphatic heterocycles. The predicted molar refractivity (Wildman–Crippen MR) is 140 cm³/mol. The molecule has 0 aliphatic carbocycles. The Kier molecular flexibility index (Phi) is 6.74. The summed E-state index contributed by atoms with van der Waals surface area (Å²) in [4.78, 5) is 23.8. The van der Waals surface area contributed by atoms with Crippen LogP contribution in [0.15, 0.2) is 91.4 Å². The standard InChI is InChI=1S/C26H23ClN6OS/c27-18-11-12-22(29-17-18)32-15-6-10-21(32)25-24(20-9-4-5-14-28-20)31-26(35)33(25)16-13-23(34)30-19-7-2-1-3-8-19/h1-12,14-15,17,24-25H,13,16H2,(H,30,34)(H,31,35)/t24-,25+/m1/s1. The normalized spacial score (nSPS) is 17.3. The van der Waals surface area contributed by atoms with E-state index in [0.29, 0.717) is 16.7 Å². The van der Waals surface area contributed by atoms with Crippen molar-refractivity contribution in [1.82, 2.24) is 24.8 Å². The molecule has 4 aromatic rings. The van der Waals surface area contributed by atoms with Gasteiger partial charge in [-0.05, 0) is 60.7 Å². The Morgan fingerprint density at radius 1 is 1.03 bits per heavy atom. The van der Waals surface area contributed by atoms with Crippen LogP contribution in [0.25, 0.3) is 5.82 Å². The molecule has 4 heterocycles. The Morgan fingerprint density at radius 3 is 2.60 bits per heavy atom. The summed E-state index contributed by atoms with van der Waals surface area (Å²) in [6, 6.07) is 22.6. The lowest BCUT2D eigenvalue weighted by atomic mass is 10.0. The average molecular weight is 503 g/mol. The number of pyridine rings is 2. The van der Waals surface area contributed by atoms with Crippen LogP contribution in [0.1, 0.15) is 29.9 Å². The van der Waals surface area contributed by atoms with Crippen LogP contribution >= 0.6 is 23.8 Å². The van der Waals surface area contributed by atoms with Crippen LogP contribution in [0.4, 0.5) is 5.69 Å². The monoisotopic (exact) mass is 502 g/mol. The molecule has 3 aromatic heterocycles. The molecule has 7 nitrogen and oxygen atoms in total. The largest absolute Gasteiger partial charge is 0.352 e. The van der Waals surface area contributed by atoms with Crippen LogP contribution in [0, 0.1) is 0 Å². The van der Waals surface area contributed by atoms with Crippen LogP contribution in [-0.4, -0.2) is 37.0 Å². The lowest BCUT2D eigenvalue weighted by Gasteiger charge is -2.28. The molecule has 5 rings (SSSR count). The van der Waals surface area contributed by atoms with Crippen molar-refractivity contribution in [2.24, 2.45) is 0 Å². The second-order valence-corrected chi connectivity index (χ2v) is 8.95. The number of halogens is 1. The van der Waals surface area contributed by atoms with Crippen molar-refractivity contribution in [2.75, 3.05) is 11.9 Å². The summed E-state index contributed by atoms with van der Waals surface area (Å²) in [7, 11) is 0. The minimum atomic E-state index is -0.200. The van der Waals surface area contributed by atoms with Crippen molar-refractivity contribution in [1.29, 1.82) is 0 Å². The maximum absolute atomic E-state index is 12.7. The van der Waals surface area contributed by atoms with E-state index in [1.165, 1.54) is 0 Å². The van der Waals surface area contributed by atoms with Crippen LogP contribution in [-0.2, 0) is 4.79 Å². The number of hydrogen-bond acceptors (Lipinski definition) is 4. The maximum atomic E-state index is 12.7. The van der Waals surface area contributed by atoms with Gasteiger partial charge in [0, 0.05) is 42.9 Å². The highest BCUT2D eigenvalue weighted by molar-refractivity contribution is 7.80. The van der Waals surface area contributed by atoms with Gasteiger partial charge in [0.25, 0.3) is 0 Å². The molecule has 0 unspecified atom stereocenters. The van der Waals surface area contributed by atoms with Gasteiger partial charge in [-0.2, -0.15) is 0 Å². The molecule has 2 atom stereocenters. The van der Waals surface area contributed by atoms with Gasteiger partial charge in [-0.3, -0.25) is 9.78 Å². The molecule has 0 spiro atoms. The molecule has 0 saturated carbocycles. The third-order valence-electron chi connectivity index (χ3n) is 5.88. The number of thiocarbonyl (C=S) groups is 1. The number of amides is 1. The molecule has 1 aromatic carbocycles. The van der Waals surface area contributed by atoms with Crippen molar-refractivity contribution < 1.29 is 4.79 Å². The number of nitrogens with one attached hydrogen (secondary N) is 2. The second-order valence-electron chi connectivity index (χ2n) is 8.12. The van der Waals surface area contributed by atoms with Gasteiger partial charge in [0.15, 0.2) is 5.11 Å². The van der Waals surface area contributed by atoms with Gasteiger partial charge >= 0.3 is 0 Å². The van der Waals surface area contributed by atoms with E-state index >= 15 is 0 Å². The van der Waals surface area contributed by atoms with E-state index in [4.69, 9.17) is 23.8 Å². The van der Waals surface area contributed by atoms with Crippen molar-refractivity contribution >= 4 is 40.5 Å². The Hall–Kier alpha value is -3.75.